The summed E-state index contributed by atoms with van der Waals surface area (Å²) in [5.74, 6) is -2.36. The first-order valence-electron chi connectivity index (χ1n) is 9.35. The summed E-state index contributed by atoms with van der Waals surface area (Å²) in [4.78, 5) is 41.3. The lowest BCUT2D eigenvalue weighted by Gasteiger charge is -2.24. The Labute approximate surface area is 129 Å². The number of nitrogen functional groups attached to an aromatic ring is 1. The quantitative estimate of drug-likeness (QED) is 0.628. The van der Waals surface area contributed by atoms with Gasteiger partial charge in [0.25, 0.3) is 5.56 Å². The molecule has 6 heteroatoms. The van der Waals surface area contributed by atoms with Gasteiger partial charge in [0.2, 0.25) is 0 Å². The number of anilines is 1. The van der Waals surface area contributed by atoms with Gasteiger partial charge in [-0.25, -0.2) is 4.98 Å². The van der Waals surface area contributed by atoms with Crippen molar-refractivity contribution in [3.63, 3.8) is 0 Å². The third-order valence-electron chi connectivity index (χ3n) is 3.23. The number of hydrogen-bond donors (Lipinski definition) is 1. The van der Waals surface area contributed by atoms with Crippen molar-refractivity contribution in [2.75, 3.05) is 5.73 Å². The van der Waals surface area contributed by atoms with Crippen LogP contribution in [0, 0.1) is 6.88 Å². The van der Waals surface area contributed by atoms with Crippen molar-refractivity contribution in [3.8, 4) is 0 Å². The minimum Gasteiger partial charge on any atom is -0.398 e. The standard InChI is InChI=1S/C15H15N3O3/c1-8-17-11-4-2-3-10(16)14(11)15(21)18(8)12-6-5-9(19)7-13(12)20/h2-4,12H,5-7,16H2,1H3/i1D2,3D,5D,6D2. The monoisotopic (exact) mass is 291 g/mol. The Kier molecular flexibility index (Phi) is 1.84. The molecular weight excluding hydrogens is 270 g/mol. The van der Waals surface area contributed by atoms with Gasteiger partial charge in [-0.3, -0.25) is 19.0 Å². The van der Waals surface area contributed by atoms with E-state index in [1.807, 2.05) is 0 Å². The molecule has 1 saturated carbocycles. The lowest BCUT2D eigenvalue weighted by Crippen LogP contribution is -2.36. The van der Waals surface area contributed by atoms with Gasteiger partial charge in [-0.15, -0.1) is 0 Å². The molecule has 0 bridgehead atoms. The van der Waals surface area contributed by atoms with Crippen molar-refractivity contribution >= 4 is 28.2 Å². The lowest BCUT2D eigenvalue weighted by atomic mass is 9.92. The van der Waals surface area contributed by atoms with Crippen LogP contribution >= 0.6 is 0 Å². The van der Waals surface area contributed by atoms with Crippen LogP contribution in [0.3, 0.4) is 0 Å². The summed E-state index contributed by atoms with van der Waals surface area (Å²) in [6.07, 6.45) is -5.40. The molecule has 3 rings (SSSR count). The molecule has 0 spiro atoms. The predicted molar refractivity (Wildman–Crippen MR) is 78.1 cm³/mol. The number of carbonyl (C=O) groups excluding carboxylic acids is 2. The van der Waals surface area contributed by atoms with Gasteiger partial charge in [0.15, 0.2) is 5.78 Å². The first-order valence-corrected chi connectivity index (χ1v) is 6.11. The van der Waals surface area contributed by atoms with Gasteiger partial charge >= 0.3 is 0 Å². The van der Waals surface area contributed by atoms with Crippen LogP contribution in [0.5, 0.6) is 0 Å². The molecule has 2 N–H and O–H groups in total. The highest BCUT2D eigenvalue weighted by Gasteiger charge is 2.30. The van der Waals surface area contributed by atoms with Crippen LogP contribution in [0.15, 0.2) is 23.0 Å². The minimum absolute atomic E-state index is 0.00608. The van der Waals surface area contributed by atoms with Gasteiger partial charge < -0.3 is 5.73 Å². The molecule has 21 heavy (non-hydrogen) atoms. The second kappa shape index (κ2) is 4.80. The predicted octanol–water partition coefficient (Wildman–Crippen LogP) is 1.15. The number of ketones is 2. The molecule has 1 aromatic heterocycles. The van der Waals surface area contributed by atoms with Gasteiger partial charge in [0, 0.05) is 18.9 Å². The summed E-state index contributed by atoms with van der Waals surface area (Å²) >= 11 is 0. The van der Waals surface area contributed by atoms with Crippen LogP contribution in [0.2, 0.25) is 0 Å². The van der Waals surface area contributed by atoms with Crippen LogP contribution in [0.4, 0.5) is 5.69 Å². The van der Waals surface area contributed by atoms with E-state index in [-0.39, 0.29) is 22.6 Å². The third kappa shape index (κ3) is 2.12. The van der Waals surface area contributed by atoms with Crippen molar-refractivity contribution in [3.05, 3.63) is 34.4 Å². The molecule has 6 nitrogen and oxygen atoms in total. The van der Waals surface area contributed by atoms with Crippen LogP contribution in [-0.2, 0) is 9.59 Å². The van der Waals surface area contributed by atoms with E-state index < -0.39 is 55.1 Å². The largest absolute Gasteiger partial charge is 0.398 e. The van der Waals surface area contributed by atoms with E-state index in [1.54, 1.807) is 0 Å². The molecule has 1 aromatic carbocycles. The van der Waals surface area contributed by atoms with Gasteiger partial charge in [-0.05, 0) is 25.4 Å². The highest BCUT2D eigenvalue weighted by molar-refractivity contribution is 6.03. The first-order chi connectivity index (χ1) is 12.5. The average Bonchev–Trinajstić information content (AvgIpc) is 2.57. The molecule has 0 aliphatic heterocycles. The Balaban J connectivity index is 2.42. The fourth-order valence-corrected chi connectivity index (χ4v) is 2.28. The van der Waals surface area contributed by atoms with Crippen molar-refractivity contribution in [1.82, 2.24) is 9.55 Å². The maximum Gasteiger partial charge on any atom is 0.264 e. The molecule has 1 fully saturated rings. The topological polar surface area (TPSA) is 95.0 Å². The van der Waals surface area contributed by atoms with Gasteiger partial charge in [-0.2, -0.15) is 0 Å². The highest BCUT2D eigenvalue weighted by Crippen LogP contribution is 2.24. The van der Waals surface area contributed by atoms with E-state index >= 15 is 0 Å². The van der Waals surface area contributed by atoms with E-state index in [9.17, 15) is 14.4 Å². The van der Waals surface area contributed by atoms with Crippen LogP contribution in [0.25, 0.3) is 10.9 Å². The Morgan fingerprint density at radius 1 is 1.52 bits per heavy atom. The first kappa shape index (κ1) is 8.07. The Hall–Kier alpha value is -2.50. The highest BCUT2D eigenvalue weighted by atomic mass is 16.2. The number of aryl methyl sites for hydroxylation is 1. The number of nitrogens with zero attached hydrogens (tertiary/aromatic N) is 2. The molecule has 1 aliphatic rings. The third-order valence-corrected chi connectivity index (χ3v) is 3.23. The van der Waals surface area contributed by atoms with Crippen molar-refractivity contribution in [2.24, 2.45) is 0 Å². The van der Waals surface area contributed by atoms with E-state index in [0.29, 0.717) is 4.57 Å². The number of hydrogen-bond acceptors (Lipinski definition) is 5. The van der Waals surface area contributed by atoms with Crippen molar-refractivity contribution in [1.29, 1.82) is 0 Å². The van der Waals surface area contributed by atoms with Crippen LogP contribution in [-0.4, -0.2) is 21.1 Å². The maximum atomic E-state index is 13.1. The van der Waals surface area contributed by atoms with Gasteiger partial charge in [0.1, 0.15) is 11.6 Å². The smallest absolute Gasteiger partial charge is 0.264 e. The fourth-order valence-electron chi connectivity index (χ4n) is 2.28. The average molecular weight is 291 g/mol. The number of benzene rings is 1. The summed E-state index contributed by atoms with van der Waals surface area (Å²) in [5.41, 5.74) is 4.57. The zero-order chi connectivity index (χ0) is 20.3. The molecule has 0 amide bonds. The molecule has 2 aromatic rings. The maximum absolute atomic E-state index is 13.1. The molecule has 0 saturated heterocycles. The number of aromatic nitrogens is 2. The number of rotatable bonds is 1. The number of Topliss-reactive ketones (excluding diaryl/α,β-unsaturated/α-hetero) is 2. The Morgan fingerprint density at radius 3 is 3.10 bits per heavy atom. The second-order valence-corrected chi connectivity index (χ2v) is 4.62. The number of carbonyl (C=O) groups is 2. The molecule has 2 unspecified atom stereocenters. The number of nitrogens with two attached hydrogens (primary N) is 1. The Morgan fingerprint density at radius 2 is 2.33 bits per heavy atom. The zero-order valence-corrected chi connectivity index (χ0v) is 10.8. The molecular formula is C15H15N3O3. The second-order valence-electron chi connectivity index (χ2n) is 4.62. The molecule has 1 aliphatic carbocycles. The van der Waals surface area contributed by atoms with E-state index in [4.69, 9.17) is 14.0 Å². The number of fused-ring (bicyclic) bond motifs is 1. The summed E-state index contributed by atoms with van der Waals surface area (Å²) in [5, 5.41) is -0.242. The normalized spacial score (nSPS) is 29.4. The summed E-state index contributed by atoms with van der Waals surface area (Å²) in [7, 11) is 0. The molecule has 2 atom stereocenters. The van der Waals surface area contributed by atoms with E-state index in [1.165, 1.54) is 12.1 Å². The van der Waals surface area contributed by atoms with Crippen LogP contribution < -0.4 is 11.3 Å². The summed E-state index contributed by atoms with van der Waals surface area (Å²) < 4.78 is 47.6. The van der Waals surface area contributed by atoms with E-state index in [0.717, 1.165) is 0 Å². The van der Waals surface area contributed by atoms with Crippen molar-refractivity contribution < 1.29 is 17.8 Å². The minimum atomic E-state index is -2.75. The summed E-state index contributed by atoms with van der Waals surface area (Å²) in [6.45, 7) is -1.84. The molecule has 1 heterocycles. The molecule has 108 valence electrons. The zero-order valence-electron chi connectivity index (χ0n) is 16.8. The van der Waals surface area contributed by atoms with Crippen LogP contribution in [0.1, 0.15) is 39.3 Å². The summed E-state index contributed by atoms with van der Waals surface area (Å²) in [6, 6.07) is 0.509. The molecule has 0 radical (unpaired) electrons. The lowest BCUT2D eigenvalue weighted by molar-refractivity contribution is -0.132. The Bertz CT molecular complexity index is 1040. The fraction of sp³-hybridized carbons (Fsp3) is 0.333. The van der Waals surface area contributed by atoms with Gasteiger partial charge in [-0.1, -0.05) is 6.07 Å². The van der Waals surface area contributed by atoms with Gasteiger partial charge in [0.05, 0.1) is 24.7 Å². The SMILES string of the molecule is [2H]c1ccc2nc(C([2H])[2H])n(C3C(=O)CC(=O)C([2H])C3([2H])[2H])c(=O)c2c1N. The van der Waals surface area contributed by atoms with E-state index in [2.05, 4.69) is 4.98 Å². The van der Waals surface area contributed by atoms with Crippen molar-refractivity contribution in [2.45, 2.75) is 32.1 Å².